The van der Waals surface area contributed by atoms with E-state index in [1.54, 1.807) is 5.56 Å². The summed E-state index contributed by atoms with van der Waals surface area (Å²) in [4.78, 5) is 0. The Balaban J connectivity index is 2.14. The molecule has 1 aromatic rings. The van der Waals surface area contributed by atoms with Gasteiger partial charge in [0.15, 0.2) is 0 Å². The van der Waals surface area contributed by atoms with E-state index in [0.717, 1.165) is 5.92 Å². The Morgan fingerprint density at radius 3 is 2.43 bits per heavy atom. The standard InChI is InChI=1S/C14H20/c1-3-4-10-14(11-12(14)2)13-8-6-5-7-9-13/h5-9,12H,3-4,10-11H2,1-2H3/t12-,14+/m0/s1. The third-order valence-corrected chi connectivity index (χ3v) is 3.78. The second-order valence-electron chi connectivity index (χ2n) is 4.73. The number of hydrogen-bond donors (Lipinski definition) is 0. The Morgan fingerprint density at radius 2 is 1.93 bits per heavy atom. The van der Waals surface area contributed by atoms with E-state index in [1.165, 1.54) is 25.7 Å². The molecule has 0 nitrogen and oxygen atoms in total. The van der Waals surface area contributed by atoms with Gasteiger partial charge in [0.05, 0.1) is 0 Å². The lowest BCUT2D eigenvalue weighted by molar-refractivity contribution is 0.539. The zero-order valence-corrected chi connectivity index (χ0v) is 9.29. The monoisotopic (exact) mass is 188 g/mol. The van der Waals surface area contributed by atoms with Crippen LogP contribution >= 0.6 is 0 Å². The van der Waals surface area contributed by atoms with Crippen LogP contribution in [0.2, 0.25) is 0 Å². The second kappa shape index (κ2) is 3.76. The fourth-order valence-corrected chi connectivity index (χ4v) is 2.64. The van der Waals surface area contributed by atoms with Gasteiger partial charge in [-0.25, -0.2) is 0 Å². The highest BCUT2D eigenvalue weighted by molar-refractivity contribution is 5.32. The van der Waals surface area contributed by atoms with E-state index < -0.39 is 0 Å². The summed E-state index contributed by atoms with van der Waals surface area (Å²) in [5, 5.41) is 0. The summed E-state index contributed by atoms with van der Waals surface area (Å²) in [6, 6.07) is 11.1. The minimum atomic E-state index is 0.553. The van der Waals surface area contributed by atoms with Crippen LogP contribution in [0.25, 0.3) is 0 Å². The lowest BCUT2D eigenvalue weighted by atomic mass is 9.88. The molecule has 0 radical (unpaired) electrons. The molecule has 0 unspecified atom stereocenters. The van der Waals surface area contributed by atoms with E-state index >= 15 is 0 Å². The van der Waals surface area contributed by atoms with Crippen LogP contribution in [-0.2, 0) is 5.41 Å². The van der Waals surface area contributed by atoms with Crippen molar-refractivity contribution in [2.24, 2.45) is 5.92 Å². The minimum Gasteiger partial charge on any atom is -0.0654 e. The highest BCUT2D eigenvalue weighted by Crippen LogP contribution is 2.57. The molecule has 0 bridgehead atoms. The van der Waals surface area contributed by atoms with Gasteiger partial charge in [-0.05, 0) is 29.7 Å². The molecule has 0 amide bonds. The molecular formula is C14H20. The molecule has 1 aliphatic rings. The number of benzene rings is 1. The van der Waals surface area contributed by atoms with Gasteiger partial charge in [0.2, 0.25) is 0 Å². The topological polar surface area (TPSA) is 0 Å². The number of hydrogen-bond acceptors (Lipinski definition) is 0. The van der Waals surface area contributed by atoms with Crippen molar-refractivity contribution < 1.29 is 0 Å². The normalized spacial score (nSPS) is 30.3. The highest BCUT2D eigenvalue weighted by atomic mass is 14.5. The molecule has 0 saturated heterocycles. The molecular weight excluding hydrogens is 168 g/mol. The molecule has 1 aliphatic carbocycles. The molecule has 1 fully saturated rings. The predicted octanol–water partition coefficient (Wildman–Crippen LogP) is 4.15. The van der Waals surface area contributed by atoms with Gasteiger partial charge in [-0.15, -0.1) is 0 Å². The molecule has 0 spiro atoms. The Morgan fingerprint density at radius 1 is 1.29 bits per heavy atom. The largest absolute Gasteiger partial charge is 0.0654 e. The summed E-state index contributed by atoms with van der Waals surface area (Å²) in [7, 11) is 0. The molecule has 0 heteroatoms. The average Bonchev–Trinajstić information content (AvgIpc) is 2.89. The Labute approximate surface area is 87.3 Å². The molecule has 14 heavy (non-hydrogen) atoms. The first-order chi connectivity index (χ1) is 6.79. The first-order valence-corrected chi connectivity index (χ1v) is 5.85. The SMILES string of the molecule is CCCC[C@@]1(c2ccccc2)C[C@@H]1C. The van der Waals surface area contributed by atoms with Gasteiger partial charge in [0.25, 0.3) is 0 Å². The van der Waals surface area contributed by atoms with Gasteiger partial charge >= 0.3 is 0 Å². The maximum absolute atomic E-state index is 2.39. The van der Waals surface area contributed by atoms with Crippen LogP contribution in [0.15, 0.2) is 30.3 Å². The van der Waals surface area contributed by atoms with Gasteiger partial charge in [0, 0.05) is 0 Å². The van der Waals surface area contributed by atoms with Crippen molar-refractivity contribution in [1.29, 1.82) is 0 Å². The summed E-state index contributed by atoms with van der Waals surface area (Å²) < 4.78 is 0. The maximum Gasteiger partial charge on any atom is -0.00182 e. The first-order valence-electron chi connectivity index (χ1n) is 5.85. The molecule has 1 aromatic carbocycles. The zero-order chi connectivity index (χ0) is 10.0. The Bertz CT molecular complexity index is 288. The molecule has 0 aliphatic heterocycles. The summed E-state index contributed by atoms with van der Waals surface area (Å²) in [6.45, 7) is 4.68. The van der Waals surface area contributed by atoms with Gasteiger partial charge in [-0.3, -0.25) is 0 Å². The van der Waals surface area contributed by atoms with E-state index in [1.807, 2.05) is 0 Å². The van der Waals surface area contributed by atoms with E-state index in [9.17, 15) is 0 Å². The molecule has 1 saturated carbocycles. The quantitative estimate of drug-likeness (QED) is 0.665. The van der Waals surface area contributed by atoms with E-state index in [0.29, 0.717) is 5.41 Å². The minimum absolute atomic E-state index is 0.553. The Kier molecular flexibility index (Phi) is 2.62. The van der Waals surface area contributed by atoms with E-state index in [2.05, 4.69) is 44.2 Å². The molecule has 2 rings (SSSR count). The van der Waals surface area contributed by atoms with Crippen LogP contribution in [0, 0.1) is 5.92 Å². The fourth-order valence-electron chi connectivity index (χ4n) is 2.64. The predicted molar refractivity (Wildman–Crippen MR) is 61.4 cm³/mol. The lowest BCUT2D eigenvalue weighted by Gasteiger charge is -2.16. The average molecular weight is 188 g/mol. The van der Waals surface area contributed by atoms with Crippen LogP contribution < -0.4 is 0 Å². The van der Waals surface area contributed by atoms with Crippen LogP contribution in [-0.4, -0.2) is 0 Å². The van der Waals surface area contributed by atoms with Crippen molar-refractivity contribution in [2.75, 3.05) is 0 Å². The first kappa shape index (κ1) is 9.76. The van der Waals surface area contributed by atoms with Crippen LogP contribution in [0.3, 0.4) is 0 Å². The van der Waals surface area contributed by atoms with Crippen LogP contribution in [0.4, 0.5) is 0 Å². The van der Waals surface area contributed by atoms with Crippen molar-refractivity contribution in [2.45, 2.75) is 44.9 Å². The van der Waals surface area contributed by atoms with Gasteiger partial charge in [0.1, 0.15) is 0 Å². The summed E-state index contributed by atoms with van der Waals surface area (Å²) >= 11 is 0. The summed E-state index contributed by atoms with van der Waals surface area (Å²) in [5.74, 6) is 0.899. The smallest absolute Gasteiger partial charge is 0.00182 e. The van der Waals surface area contributed by atoms with E-state index in [4.69, 9.17) is 0 Å². The third-order valence-electron chi connectivity index (χ3n) is 3.78. The third kappa shape index (κ3) is 1.58. The lowest BCUT2D eigenvalue weighted by Crippen LogP contribution is -2.08. The van der Waals surface area contributed by atoms with Crippen molar-refractivity contribution in [3.63, 3.8) is 0 Å². The van der Waals surface area contributed by atoms with Crippen molar-refractivity contribution in [1.82, 2.24) is 0 Å². The molecule has 0 aromatic heterocycles. The summed E-state index contributed by atoms with van der Waals surface area (Å²) in [6.07, 6.45) is 5.48. The van der Waals surface area contributed by atoms with Crippen molar-refractivity contribution in [3.05, 3.63) is 35.9 Å². The molecule has 2 atom stereocenters. The van der Waals surface area contributed by atoms with Gasteiger partial charge in [-0.2, -0.15) is 0 Å². The fraction of sp³-hybridized carbons (Fsp3) is 0.571. The van der Waals surface area contributed by atoms with Crippen LogP contribution in [0.5, 0.6) is 0 Å². The van der Waals surface area contributed by atoms with Gasteiger partial charge in [-0.1, -0.05) is 57.0 Å². The van der Waals surface area contributed by atoms with E-state index in [-0.39, 0.29) is 0 Å². The number of unbranched alkanes of at least 4 members (excludes halogenated alkanes) is 1. The maximum atomic E-state index is 2.39. The second-order valence-corrected chi connectivity index (χ2v) is 4.73. The zero-order valence-electron chi connectivity index (χ0n) is 9.29. The summed E-state index contributed by atoms with van der Waals surface area (Å²) in [5.41, 5.74) is 2.12. The molecule has 76 valence electrons. The molecule has 0 N–H and O–H groups in total. The number of rotatable bonds is 4. The van der Waals surface area contributed by atoms with Crippen molar-refractivity contribution >= 4 is 0 Å². The Hall–Kier alpha value is -0.780. The van der Waals surface area contributed by atoms with Crippen LogP contribution in [0.1, 0.15) is 45.1 Å². The highest BCUT2D eigenvalue weighted by Gasteiger charge is 2.50. The van der Waals surface area contributed by atoms with Crippen molar-refractivity contribution in [3.8, 4) is 0 Å². The molecule has 0 heterocycles. The van der Waals surface area contributed by atoms with Gasteiger partial charge < -0.3 is 0 Å².